The van der Waals surface area contributed by atoms with Crippen LogP contribution in [0.25, 0.3) is 0 Å². The average molecular weight is 273 g/mol. The minimum atomic E-state index is -0.419. The standard InChI is InChI=1S/C12H17BrO2/c1-4-8-5-9(12(2,3)7-14)11(15)10(13)6-8/h5-6,14-15H,4,7H2,1-3H3. The highest BCUT2D eigenvalue weighted by atomic mass is 79.9. The van der Waals surface area contributed by atoms with Gasteiger partial charge in [-0.3, -0.25) is 0 Å². The Morgan fingerprint density at radius 3 is 2.40 bits per heavy atom. The normalized spacial score (nSPS) is 11.8. The van der Waals surface area contributed by atoms with Crippen LogP contribution in [-0.4, -0.2) is 16.8 Å². The second-order valence-electron chi connectivity index (χ2n) is 4.37. The van der Waals surface area contributed by atoms with Crippen molar-refractivity contribution in [1.29, 1.82) is 0 Å². The van der Waals surface area contributed by atoms with E-state index in [9.17, 15) is 10.2 Å². The molecular weight excluding hydrogens is 256 g/mol. The van der Waals surface area contributed by atoms with Crippen LogP contribution < -0.4 is 0 Å². The number of aliphatic hydroxyl groups is 1. The van der Waals surface area contributed by atoms with Gasteiger partial charge in [0, 0.05) is 11.0 Å². The Hall–Kier alpha value is -0.540. The number of hydrogen-bond donors (Lipinski definition) is 2. The van der Waals surface area contributed by atoms with Gasteiger partial charge in [0.1, 0.15) is 5.75 Å². The first-order chi connectivity index (χ1) is 6.92. The van der Waals surface area contributed by atoms with E-state index < -0.39 is 5.41 Å². The number of rotatable bonds is 3. The number of aryl methyl sites for hydroxylation is 1. The lowest BCUT2D eigenvalue weighted by Crippen LogP contribution is -2.22. The van der Waals surface area contributed by atoms with Crippen molar-refractivity contribution in [2.24, 2.45) is 0 Å². The first kappa shape index (κ1) is 12.5. The average Bonchev–Trinajstić information content (AvgIpc) is 2.21. The second-order valence-corrected chi connectivity index (χ2v) is 5.22. The van der Waals surface area contributed by atoms with Crippen LogP contribution in [0.1, 0.15) is 31.9 Å². The predicted octanol–water partition coefficient (Wildman–Crippen LogP) is 2.99. The number of phenols is 1. The molecule has 0 radical (unpaired) electrons. The Labute approximate surface area is 99.1 Å². The molecule has 0 aromatic heterocycles. The van der Waals surface area contributed by atoms with Crippen LogP contribution in [0.5, 0.6) is 5.75 Å². The molecule has 0 heterocycles. The lowest BCUT2D eigenvalue weighted by atomic mass is 9.84. The van der Waals surface area contributed by atoms with E-state index in [-0.39, 0.29) is 12.4 Å². The molecule has 84 valence electrons. The molecule has 0 amide bonds. The van der Waals surface area contributed by atoms with Gasteiger partial charge in [-0.25, -0.2) is 0 Å². The van der Waals surface area contributed by atoms with E-state index in [0.717, 1.165) is 17.5 Å². The van der Waals surface area contributed by atoms with Gasteiger partial charge in [0.15, 0.2) is 0 Å². The molecule has 0 spiro atoms. The lowest BCUT2D eigenvalue weighted by Gasteiger charge is -2.24. The van der Waals surface area contributed by atoms with Crippen LogP contribution in [0, 0.1) is 0 Å². The van der Waals surface area contributed by atoms with Crippen molar-refractivity contribution in [3.05, 3.63) is 27.7 Å². The summed E-state index contributed by atoms with van der Waals surface area (Å²) in [6.45, 7) is 5.90. The maximum Gasteiger partial charge on any atom is 0.133 e. The summed E-state index contributed by atoms with van der Waals surface area (Å²) >= 11 is 3.33. The highest BCUT2D eigenvalue weighted by molar-refractivity contribution is 9.10. The molecule has 1 aromatic rings. The van der Waals surface area contributed by atoms with Crippen LogP contribution in [0.3, 0.4) is 0 Å². The molecule has 0 aliphatic heterocycles. The van der Waals surface area contributed by atoms with Crippen molar-refractivity contribution in [3.63, 3.8) is 0 Å². The molecule has 2 nitrogen and oxygen atoms in total. The summed E-state index contributed by atoms with van der Waals surface area (Å²) in [6, 6.07) is 3.86. The number of hydrogen-bond acceptors (Lipinski definition) is 2. The largest absolute Gasteiger partial charge is 0.506 e. The van der Waals surface area contributed by atoms with Crippen molar-refractivity contribution in [1.82, 2.24) is 0 Å². The topological polar surface area (TPSA) is 40.5 Å². The molecule has 0 bridgehead atoms. The van der Waals surface area contributed by atoms with E-state index in [4.69, 9.17) is 0 Å². The van der Waals surface area contributed by atoms with E-state index >= 15 is 0 Å². The zero-order valence-electron chi connectivity index (χ0n) is 9.34. The van der Waals surface area contributed by atoms with Gasteiger partial charge in [-0.2, -0.15) is 0 Å². The third kappa shape index (κ3) is 2.52. The number of benzene rings is 1. The maximum atomic E-state index is 9.93. The van der Waals surface area contributed by atoms with Crippen molar-refractivity contribution in [2.45, 2.75) is 32.6 Å². The first-order valence-electron chi connectivity index (χ1n) is 5.05. The smallest absolute Gasteiger partial charge is 0.133 e. The number of halogens is 1. The van der Waals surface area contributed by atoms with E-state index in [0.29, 0.717) is 4.47 Å². The zero-order chi connectivity index (χ0) is 11.6. The van der Waals surface area contributed by atoms with Crippen LogP contribution in [-0.2, 0) is 11.8 Å². The Morgan fingerprint density at radius 1 is 1.33 bits per heavy atom. The van der Waals surface area contributed by atoms with Gasteiger partial charge < -0.3 is 10.2 Å². The Morgan fingerprint density at radius 2 is 1.93 bits per heavy atom. The summed E-state index contributed by atoms with van der Waals surface area (Å²) in [7, 11) is 0. The summed E-state index contributed by atoms with van der Waals surface area (Å²) in [4.78, 5) is 0. The first-order valence-corrected chi connectivity index (χ1v) is 5.84. The third-order valence-corrected chi connectivity index (χ3v) is 3.26. The summed E-state index contributed by atoms with van der Waals surface area (Å²) in [6.07, 6.45) is 0.910. The van der Waals surface area contributed by atoms with Gasteiger partial charge in [0.25, 0.3) is 0 Å². The fourth-order valence-corrected chi connectivity index (χ4v) is 1.97. The molecule has 1 rings (SSSR count). The van der Waals surface area contributed by atoms with Crippen molar-refractivity contribution < 1.29 is 10.2 Å². The molecule has 0 atom stereocenters. The second kappa shape index (κ2) is 4.54. The Kier molecular flexibility index (Phi) is 3.79. The molecule has 0 aliphatic carbocycles. The minimum absolute atomic E-state index is 0.0141. The molecule has 0 aliphatic rings. The number of phenolic OH excluding ortho intramolecular Hbond substituents is 1. The van der Waals surface area contributed by atoms with Gasteiger partial charge >= 0.3 is 0 Å². The summed E-state index contributed by atoms with van der Waals surface area (Å²) in [5.41, 5.74) is 1.52. The molecule has 0 saturated carbocycles. The SMILES string of the molecule is CCc1cc(Br)c(O)c(C(C)(C)CO)c1. The lowest BCUT2D eigenvalue weighted by molar-refractivity contribution is 0.215. The van der Waals surface area contributed by atoms with E-state index in [1.807, 2.05) is 26.0 Å². The molecule has 1 aromatic carbocycles. The predicted molar refractivity (Wildman–Crippen MR) is 65.3 cm³/mol. The van der Waals surface area contributed by atoms with Crippen LogP contribution >= 0.6 is 15.9 Å². The summed E-state index contributed by atoms with van der Waals surface area (Å²) in [5.74, 6) is 0.228. The number of aliphatic hydroxyl groups excluding tert-OH is 1. The zero-order valence-corrected chi connectivity index (χ0v) is 10.9. The van der Waals surface area contributed by atoms with Crippen LogP contribution in [0.4, 0.5) is 0 Å². The minimum Gasteiger partial charge on any atom is -0.506 e. The van der Waals surface area contributed by atoms with E-state index in [2.05, 4.69) is 22.9 Å². The molecule has 0 saturated heterocycles. The van der Waals surface area contributed by atoms with Crippen molar-refractivity contribution >= 4 is 15.9 Å². The molecule has 15 heavy (non-hydrogen) atoms. The van der Waals surface area contributed by atoms with Crippen LogP contribution in [0.2, 0.25) is 0 Å². The summed E-state index contributed by atoms with van der Waals surface area (Å²) < 4.78 is 0.693. The maximum absolute atomic E-state index is 9.93. The fraction of sp³-hybridized carbons (Fsp3) is 0.500. The van der Waals surface area contributed by atoms with Crippen molar-refractivity contribution in [2.75, 3.05) is 6.61 Å². The fourth-order valence-electron chi connectivity index (χ4n) is 1.46. The van der Waals surface area contributed by atoms with E-state index in [1.54, 1.807) is 0 Å². The van der Waals surface area contributed by atoms with Crippen LogP contribution in [0.15, 0.2) is 16.6 Å². The molecule has 0 unspecified atom stereocenters. The van der Waals surface area contributed by atoms with Gasteiger partial charge in [-0.05, 0) is 34.0 Å². The van der Waals surface area contributed by atoms with Gasteiger partial charge in [0.2, 0.25) is 0 Å². The quantitative estimate of drug-likeness (QED) is 0.888. The van der Waals surface area contributed by atoms with Gasteiger partial charge in [-0.1, -0.05) is 26.8 Å². The summed E-state index contributed by atoms with van der Waals surface area (Å²) in [5, 5.41) is 19.2. The Balaban J connectivity index is 3.34. The molecular formula is C12H17BrO2. The van der Waals surface area contributed by atoms with Gasteiger partial charge in [0.05, 0.1) is 11.1 Å². The van der Waals surface area contributed by atoms with E-state index in [1.165, 1.54) is 0 Å². The van der Waals surface area contributed by atoms with Crippen molar-refractivity contribution in [3.8, 4) is 5.75 Å². The molecule has 0 fully saturated rings. The van der Waals surface area contributed by atoms with Gasteiger partial charge in [-0.15, -0.1) is 0 Å². The molecule has 2 N–H and O–H groups in total. The Bertz CT molecular complexity index is 359. The highest BCUT2D eigenvalue weighted by Gasteiger charge is 2.24. The number of aromatic hydroxyl groups is 1. The molecule has 3 heteroatoms. The third-order valence-electron chi connectivity index (χ3n) is 2.66. The monoisotopic (exact) mass is 272 g/mol. The highest BCUT2D eigenvalue weighted by Crippen LogP contribution is 2.37.